The molecule has 0 spiro atoms. The van der Waals surface area contributed by atoms with Crippen molar-refractivity contribution in [3.05, 3.63) is 65.2 Å². The normalized spacial score (nSPS) is 15.5. The molecule has 4 rings (SSSR count). The molecular weight excluding hydrogens is 376 g/mol. The zero-order valence-electron chi connectivity index (χ0n) is 17.0. The maximum absolute atomic E-state index is 12.7. The molecule has 4 heteroatoms. The monoisotopic (exact) mass is 404 g/mol. The maximum atomic E-state index is 12.7. The number of aliphatic imine (C=N–C) groups is 1. The van der Waals surface area contributed by atoms with Crippen LogP contribution in [0.4, 0.5) is 5.69 Å². The van der Waals surface area contributed by atoms with Crippen LogP contribution in [-0.2, 0) is 0 Å². The summed E-state index contributed by atoms with van der Waals surface area (Å²) in [6.07, 6.45) is 10.2. The van der Waals surface area contributed by atoms with Gasteiger partial charge in [-0.3, -0.25) is 9.79 Å². The molecule has 29 heavy (non-hydrogen) atoms. The lowest BCUT2D eigenvalue weighted by Gasteiger charge is -2.13. The molecule has 0 unspecified atom stereocenters. The Hall–Kier alpha value is -2.33. The third kappa shape index (κ3) is 4.81. The summed E-state index contributed by atoms with van der Waals surface area (Å²) in [6.45, 7) is 2.88. The van der Waals surface area contributed by atoms with Crippen molar-refractivity contribution in [2.24, 2.45) is 4.99 Å². The Bertz CT molecular complexity index is 961. The summed E-state index contributed by atoms with van der Waals surface area (Å²) in [5, 5.41) is 3.09. The number of hydrogen-bond acceptors (Lipinski definition) is 3. The van der Waals surface area contributed by atoms with Crippen molar-refractivity contribution < 1.29 is 4.79 Å². The largest absolute Gasteiger partial charge is 0.352 e. The van der Waals surface area contributed by atoms with Gasteiger partial charge in [-0.15, -0.1) is 0 Å². The lowest BCUT2D eigenvalue weighted by Crippen LogP contribution is -2.24. The minimum atomic E-state index is -0.0109. The second kappa shape index (κ2) is 9.45. The van der Waals surface area contributed by atoms with E-state index < -0.39 is 0 Å². The van der Waals surface area contributed by atoms with Crippen LogP contribution in [0.5, 0.6) is 0 Å². The fraction of sp³-hybridized carbons (Fsp3) is 0.360. The van der Waals surface area contributed by atoms with Crippen LogP contribution in [0.25, 0.3) is 0 Å². The molecule has 2 aromatic carbocycles. The minimum Gasteiger partial charge on any atom is -0.352 e. The number of benzene rings is 2. The fourth-order valence-electron chi connectivity index (χ4n) is 3.95. The summed E-state index contributed by atoms with van der Waals surface area (Å²) in [4.78, 5) is 20.0. The van der Waals surface area contributed by atoms with Crippen LogP contribution < -0.4 is 5.32 Å². The predicted molar refractivity (Wildman–Crippen MR) is 122 cm³/mol. The third-order valence-electron chi connectivity index (χ3n) is 5.50. The Kier molecular flexibility index (Phi) is 6.50. The van der Waals surface area contributed by atoms with Gasteiger partial charge in [0.05, 0.1) is 5.69 Å². The molecule has 2 aromatic rings. The number of nitrogens with zero attached hydrogens (tertiary/aromatic N) is 1. The number of rotatable bonds is 6. The SMILES string of the molecule is CCCC1=Nc2cc(C(=O)NCCC3=CCCCC3)ccc2Sc2ccccc21. The predicted octanol–water partition coefficient (Wildman–Crippen LogP) is 6.69. The quantitative estimate of drug-likeness (QED) is 0.545. The first-order valence-electron chi connectivity index (χ1n) is 10.7. The van der Waals surface area contributed by atoms with Crippen molar-refractivity contribution in [1.82, 2.24) is 5.32 Å². The second-order valence-corrected chi connectivity index (χ2v) is 8.79. The number of hydrogen-bond donors (Lipinski definition) is 1. The molecule has 150 valence electrons. The zero-order chi connectivity index (χ0) is 20.1. The summed E-state index contributed by atoms with van der Waals surface area (Å²) >= 11 is 1.74. The van der Waals surface area contributed by atoms with Gasteiger partial charge in [0.25, 0.3) is 5.91 Å². The lowest BCUT2D eigenvalue weighted by atomic mass is 9.97. The van der Waals surface area contributed by atoms with Crippen molar-refractivity contribution in [3.63, 3.8) is 0 Å². The van der Waals surface area contributed by atoms with E-state index in [4.69, 9.17) is 4.99 Å². The van der Waals surface area contributed by atoms with Crippen LogP contribution >= 0.6 is 11.8 Å². The van der Waals surface area contributed by atoms with Gasteiger partial charge >= 0.3 is 0 Å². The first-order valence-corrected chi connectivity index (χ1v) is 11.5. The van der Waals surface area contributed by atoms with E-state index in [1.54, 1.807) is 11.8 Å². The van der Waals surface area contributed by atoms with Crippen LogP contribution in [-0.4, -0.2) is 18.2 Å². The van der Waals surface area contributed by atoms with E-state index in [0.717, 1.165) is 35.6 Å². The summed E-state index contributed by atoms with van der Waals surface area (Å²) in [5.41, 5.74) is 5.39. The molecule has 1 N–H and O–H groups in total. The van der Waals surface area contributed by atoms with Crippen molar-refractivity contribution >= 4 is 29.1 Å². The second-order valence-electron chi connectivity index (χ2n) is 7.70. The molecule has 0 fully saturated rings. The van der Waals surface area contributed by atoms with Crippen molar-refractivity contribution in [2.45, 2.75) is 61.7 Å². The smallest absolute Gasteiger partial charge is 0.251 e. The van der Waals surface area contributed by atoms with Gasteiger partial charge in [0, 0.05) is 33.2 Å². The first kappa shape index (κ1) is 20.0. The van der Waals surface area contributed by atoms with E-state index in [2.05, 4.69) is 42.6 Å². The Balaban J connectivity index is 1.51. The molecule has 0 radical (unpaired) electrons. The molecule has 0 saturated heterocycles. The summed E-state index contributed by atoms with van der Waals surface area (Å²) in [6, 6.07) is 14.3. The lowest BCUT2D eigenvalue weighted by molar-refractivity contribution is 0.0954. The molecule has 1 aliphatic heterocycles. The third-order valence-corrected chi connectivity index (χ3v) is 6.64. The molecule has 0 aromatic heterocycles. The summed E-state index contributed by atoms with van der Waals surface area (Å²) in [5.74, 6) is -0.0109. The first-order chi connectivity index (χ1) is 14.2. The van der Waals surface area contributed by atoms with E-state index in [1.165, 1.54) is 41.7 Å². The van der Waals surface area contributed by atoms with E-state index >= 15 is 0 Å². The number of allylic oxidation sites excluding steroid dienone is 1. The van der Waals surface area contributed by atoms with Gasteiger partial charge in [0.2, 0.25) is 0 Å². The van der Waals surface area contributed by atoms with E-state index in [1.807, 2.05) is 18.2 Å². The molecule has 3 nitrogen and oxygen atoms in total. The van der Waals surface area contributed by atoms with Gasteiger partial charge in [0.1, 0.15) is 0 Å². The molecular formula is C25H28N2OS. The highest BCUT2D eigenvalue weighted by molar-refractivity contribution is 7.99. The number of carbonyl (C=O) groups excluding carboxylic acids is 1. The van der Waals surface area contributed by atoms with Gasteiger partial charge in [0.15, 0.2) is 0 Å². The molecule has 1 aliphatic carbocycles. The average Bonchev–Trinajstić information content (AvgIpc) is 2.91. The van der Waals surface area contributed by atoms with Gasteiger partial charge in [-0.05, 0) is 62.8 Å². The average molecular weight is 405 g/mol. The van der Waals surface area contributed by atoms with Crippen LogP contribution in [0.15, 0.2) is 68.9 Å². The Morgan fingerprint density at radius 2 is 2.00 bits per heavy atom. The van der Waals surface area contributed by atoms with Crippen molar-refractivity contribution in [3.8, 4) is 0 Å². The molecule has 0 saturated carbocycles. The highest BCUT2D eigenvalue weighted by atomic mass is 32.2. The topological polar surface area (TPSA) is 41.5 Å². The van der Waals surface area contributed by atoms with Gasteiger partial charge < -0.3 is 5.32 Å². The zero-order valence-corrected chi connectivity index (χ0v) is 17.9. The Morgan fingerprint density at radius 3 is 2.83 bits per heavy atom. The molecule has 2 aliphatic rings. The molecule has 0 bridgehead atoms. The Morgan fingerprint density at radius 1 is 1.10 bits per heavy atom. The van der Waals surface area contributed by atoms with Crippen LogP contribution in [0.3, 0.4) is 0 Å². The molecule has 0 atom stereocenters. The van der Waals surface area contributed by atoms with Gasteiger partial charge in [-0.2, -0.15) is 0 Å². The minimum absolute atomic E-state index is 0.0109. The van der Waals surface area contributed by atoms with Gasteiger partial charge in [-0.25, -0.2) is 0 Å². The van der Waals surface area contributed by atoms with E-state index in [0.29, 0.717) is 12.1 Å². The number of carbonyl (C=O) groups is 1. The van der Waals surface area contributed by atoms with Crippen molar-refractivity contribution in [1.29, 1.82) is 0 Å². The number of amides is 1. The van der Waals surface area contributed by atoms with Crippen LogP contribution in [0, 0.1) is 0 Å². The molecule has 1 amide bonds. The Labute approximate surface area is 177 Å². The standard InChI is InChI=1S/C25H28N2OS/c1-2-8-21-20-11-6-7-12-23(20)29-24-14-13-19(17-22(24)27-21)25(28)26-16-15-18-9-4-3-5-10-18/h6-7,9,11-14,17H,2-5,8,10,15-16H2,1H3,(H,26,28). The molecule has 1 heterocycles. The van der Waals surface area contributed by atoms with E-state index in [9.17, 15) is 4.79 Å². The van der Waals surface area contributed by atoms with E-state index in [-0.39, 0.29) is 5.91 Å². The highest BCUT2D eigenvalue weighted by Crippen LogP contribution is 2.41. The number of fused-ring (bicyclic) bond motifs is 2. The summed E-state index contributed by atoms with van der Waals surface area (Å²) in [7, 11) is 0. The van der Waals surface area contributed by atoms with Crippen molar-refractivity contribution in [2.75, 3.05) is 6.54 Å². The van der Waals surface area contributed by atoms with Gasteiger partial charge in [-0.1, -0.05) is 55.0 Å². The fourth-order valence-corrected chi connectivity index (χ4v) is 4.97. The van der Waals surface area contributed by atoms with Crippen LogP contribution in [0.2, 0.25) is 0 Å². The maximum Gasteiger partial charge on any atom is 0.251 e. The van der Waals surface area contributed by atoms with Crippen LogP contribution in [0.1, 0.15) is 67.8 Å². The highest BCUT2D eigenvalue weighted by Gasteiger charge is 2.18. The summed E-state index contributed by atoms with van der Waals surface area (Å²) < 4.78 is 0. The number of nitrogens with one attached hydrogen (secondary N) is 1.